The van der Waals surface area contributed by atoms with E-state index in [4.69, 9.17) is 23.4 Å². The minimum absolute atomic E-state index is 0.0221. The molecule has 3 aliphatic rings. The lowest BCUT2D eigenvalue weighted by molar-refractivity contribution is -0.148. The lowest BCUT2D eigenvalue weighted by Crippen LogP contribution is -2.43. The molecule has 246 valence electrons. The van der Waals surface area contributed by atoms with E-state index < -0.39 is 20.5 Å². The highest BCUT2D eigenvalue weighted by Crippen LogP contribution is 2.38. The highest BCUT2D eigenvalue weighted by molar-refractivity contribution is 6.74. The summed E-state index contributed by atoms with van der Waals surface area (Å²) in [6.07, 6.45) is 22.6. The van der Waals surface area contributed by atoms with Crippen LogP contribution in [0.2, 0.25) is 18.1 Å². The van der Waals surface area contributed by atoms with Crippen molar-refractivity contribution in [3.8, 4) is 0 Å². The topological polar surface area (TPSA) is 63.2 Å². The zero-order chi connectivity index (χ0) is 32.3. The van der Waals surface area contributed by atoms with Gasteiger partial charge in [-0.1, -0.05) is 94.0 Å². The van der Waals surface area contributed by atoms with Crippen LogP contribution in [0.15, 0.2) is 72.4 Å². The number of carbonyl (C=O) groups is 1. The summed E-state index contributed by atoms with van der Waals surface area (Å²) in [5.41, 5.74) is 2.50. The summed E-state index contributed by atoms with van der Waals surface area (Å²) in [5.74, 6) is 0.0627. The van der Waals surface area contributed by atoms with Crippen LogP contribution < -0.4 is 0 Å². The highest BCUT2D eigenvalue weighted by Gasteiger charge is 2.39. The maximum absolute atomic E-state index is 13.0. The molecule has 2 bridgehead atoms. The predicted molar refractivity (Wildman–Crippen MR) is 182 cm³/mol. The van der Waals surface area contributed by atoms with Crippen molar-refractivity contribution in [2.45, 2.75) is 134 Å². The Labute approximate surface area is 268 Å². The van der Waals surface area contributed by atoms with Crippen molar-refractivity contribution in [2.24, 2.45) is 5.92 Å². The van der Waals surface area contributed by atoms with Crippen LogP contribution in [0.25, 0.3) is 0 Å². The van der Waals surface area contributed by atoms with E-state index in [-0.39, 0.29) is 35.4 Å². The van der Waals surface area contributed by atoms with Gasteiger partial charge >= 0.3 is 5.97 Å². The number of methoxy groups -OCH3 is 1. The minimum atomic E-state index is -2.05. The van der Waals surface area contributed by atoms with Gasteiger partial charge in [0.15, 0.2) is 8.32 Å². The van der Waals surface area contributed by atoms with Gasteiger partial charge in [-0.05, 0) is 69.5 Å². The number of cyclic esters (lactones) is 1. The second-order valence-corrected chi connectivity index (χ2v) is 19.1. The van der Waals surface area contributed by atoms with Gasteiger partial charge < -0.3 is 23.4 Å². The van der Waals surface area contributed by atoms with E-state index in [0.717, 1.165) is 32.1 Å². The molecule has 0 saturated heterocycles. The fourth-order valence-corrected chi connectivity index (χ4v) is 6.97. The molecule has 3 rings (SSSR count). The molecule has 0 aromatic carbocycles. The molecule has 0 N–H and O–H groups in total. The van der Waals surface area contributed by atoms with Crippen molar-refractivity contribution < 1.29 is 28.2 Å². The lowest BCUT2D eigenvalue weighted by Gasteiger charge is -2.39. The molecule has 7 atom stereocenters. The third-order valence-corrected chi connectivity index (χ3v) is 13.7. The molecule has 7 heteroatoms. The van der Waals surface area contributed by atoms with Crippen LogP contribution in [0.4, 0.5) is 0 Å². The number of hydrogen-bond donors (Lipinski definition) is 0. The van der Waals surface area contributed by atoms with Crippen LogP contribution in [-0.4, -0.2) is 64.6 Å². The van der Waals surface area contributed by atoms with Crippen LogP contribution >= 0.6 is 0 Å². The number of hydrogen-bond acceptors (Lipinski definition) is 6. The summed E-state index contributed by atoms with van der Waals surface area (Å²) in [4.78, 5) is 13.0. The lowest BCUT2D eigenvalue weighted by atomic mass is 9.91. The van der Waals surface area contributed by atoms with Gasteiger partial charge in [0.1, 0.15) is 12.2 Å². The number of fused-ring (bicyclic) bond motifs is 2. The summed E-state index contributed by atoms with van der Waals surface area (Å²) >= 11 is 0. The fraction of sp³-hybridized carbons (Fsp3) is 0.649. The minimum Gasteiger partial charge on any atom is -0.456 e. The Morgan fingerprint density at radius 2 is 1.82 bits per heavy atom. The first-order valence-electron chi connectivity index (χ1n) is 16.4. The molecule has 0 aliphatic carbocycles. The Kier molecular flexibility index (Phi) is 14.1. The molecule has 0 fully saturated rings. The Morgan fingerprint density at radius 1 is 1.07 bits per heavy atom. The van der Waals surface area contributed by atoms with Crippen LogP contribution in [0, 0.1) is 5.92 Å². The Morgan fingerprint density at radius 3 is 2.52 bits per heavy atom. The van der Waals surface area contributed by atoms with Gasteiger partial charge in [-0.25, -0.2) is 4.79 Å². The van der Waals surface area contributed by atoms with Crippen LogP contribution in [0.1, 0.15) is 79.6 Å². The first-order valence-corrected chi connectivity index (χ1v) is 19.3. The normalized spacial score (nSPS) is 32.3. The van der Waals surface area contributed by atoms with Gasteiger partial charge in [0.25, 0.3) is 0 Å². The van der Waals surface area contributed by atoms with Gasteiger partial charge in [-0.2, -0.15) is 0 Å². The molecule has 0 aromatic rings. The smallest absolute Gasteiger partial charge is 0.330 e. The summed E-state index contributed by atoms with van der Waals surface area (Å²) in [7, 11) is -0.403. The van der Waals surface area contributed by atoms with E-state index in [2.05, 4.69) is 84.7 Å². The highest BCUT2D eigenvalue weighted by atomic mass is 28.4. The molecule has 0 radical (unpaired) electrons. The van der Waals surface area contributed by atoms with E-state index in [0.29, 0.717) is 25.4 Å². The first kappa shape index (κ1) is 36.4. The molecule has 0 amide bonds. The van der Waals surface area contributed by atoms with E-state index >= 15 is 0 Å². The molecule has 0 saturated carbocycles. The molecule has 0 aromatic heterocycles. The summed E-state index contributed by atoms with van der Waals surface area (Å²) in [5, 5.41) is 0.0783. The second-order valence-electron chi connectivity index (χ2n) is 14.4. The van der Waals surface area contributed by atoms with Gasteiger partial charge in [0.05, 0.1) is 31.0 Å². The van der Waals surface area contributed by atoms with Gasteiger partial charge in [0.2, 0.25) is 0 Å². The van der Waals surface area contributed by atoms with E-state index in [9.17, 15) is 4.79 Å². The van der Waals surface area contributed by atoms with Crippen molar-refractivity contribution >= 4 is 14.3 Å². The van der Waals surface area contributed by atoms with Crippen LogP contribution in [0.5, 0.6) is 0 Å². The van der Waals surface area contributed by atoms with Crippen molar-refractivity contribution in [2.75, 3.05) is 13.7 Å². The van der Waals surface area contributed by atoms with Crippen molar-refractivity contribution in [1.82, 2.24) is 0 Å². The van der Waals surface area contributed by atoms with E-state index in [1.807, 2.05) is 18.2 Å². The molecular weight excluding hydrogens is 568 g/mol. The standard InChI is InChI=1S/C37H58O6Si/c1-27-21-22-40-31(24-27)19-20-34(39-7)35-17-11-16-33(43-44(8,9)37(4,5)6)26-29(3)23-28(2)25-32-15-10-13-30(41-32)14-12-18-36(38)42-35/h10-13,16,18-21,28,30-35H,3,14-15,17,22-26H2,1-2,4-9H3/b16-11+,18-12-,20-19+/t28-,30-,31+,32-,33-,34+,35-/m0/s1. The fourth-order valence-electron chi connectivity index (χ4n) is 5.70. The number of ether oxygens (including phenoxy) is 4. The largest absolute Gasteiger partial charge is 0.456 e. The van der Waals surface area contributed by atoms with Gasteiger partial charge in [0, 0.05) is 19.6 Å². The van der Waals surface area contributed by atoms with Crippen LogP contribution in [-0.2, 0) is 28.2 Å². The average Bonchev–Trinajstić information content (AvgIpc) is 2.92. The second kappa shape index (κ2) is 17.0. The van der Waals surface area contributed by atoms with E-state index in [1.165, 1.54) is 17.2 Å². The molecule has 0 unspecified atom stereocenters. The number of rotatable bonds is 6. The first-order chi connectivity index (χ1) is 20.8. The molecule has 44 heavy (non-hydrogen) atoms. The molecule has 3 aliphatic heterocycles. The quantitative estimate of drug-likeness (QED) is 0.167. The van der Waals surface area contributed by atoms with Crippen molar-refractivity contribution in [3.05, 3.63) is 72.4 Å². The molecule has 0 spiro atoms. The average molecular weight is 627 g/mol. The van der Waals surface area contributed by atoms with Crippen molar-refractivity contribution in [1.29, 1.82) is 0 Å². The maximum atomic E-state index is 13.0. The number of esters is 1. The van der Waals surface area contributed by atoms with Gasteiger partial charge in [-0.15, -0.1) is 0 Å². The number of carbonyl (C=O) groups excluding carboxylic acids is 1. The zero-order valence-electron chi connectivity index (χ0n) is 28.6. The SMILES string of the molecule is C=C1C[C@H](C)C[C@@H]2CC=C[C@@H](C/C=C\C(=O)O[C@H]([C@@H](/C=C/[C@@H]3CC(C)=CCO3)OC)C/C=C/[C@H](O[Si](C)(C)C(C)(C)C)C1)O2. The maximum Gasteiger partial charge on any atom is 0.330 e. The molecule has 3 heterocycles. The summed E-state index contributed by atoms with van der Waals surface area (Å²) < 4.78 is 31.1. The zero-order valence-corrected chi connectivity index (χ0v) is 29.6. The van der Waals surface area contributed by atoms with Crippen LogP contribution in [0.3, 0.4) is 0 Å². The summed E-state index contributed by atoms with van der Waals surface area (Å²) in [6, 6.07) is 0. The molecular formula is C37H58O6Si. The Balaban J connectivity index is 1.87. The summed E-state index contributed by atoms with van der Waals surface area (Å²) in [6.45, 7) is 20.8. The van der Waals surface area contributed by atoms with Crippen molar-refractivity contribution in [3.63, 3.8) is 0 Å². The third-order valence-electron chi connectivity index (χ3n) is 9.19. The molecule has 6 nitrogen and oxygen atoms in total. The van der Waals surface area contributed by atoms with E-state index in [1.54, 1.807) is 7.11 Å². The monoisotopic (exact) mass is 626 g/mol. The van der Waals surface area contributed by atoms with Gasteiger partial charge in [-0.3, -0.25) is 0 Å². The Hall–Kier alpha value is -2.03. The predicted octanol–water partition coefficient (Wildman–Crippen LogP) is 8.58. The third kappa shape index (κ3) is 12.0. The Bertz CT molecular complexity index is 1090.